The molecule has 0 aliphatic carbocycles. The molecule has 0 spiro atoms. The van der Waals surface area contributed by atoms with E-state index in [2.05, 4.69) is 20.8 Å². The molecule has 0 amide bonds. The van der Waals surface area contributed by atoms with E-state index in [0.29, 0.717) is 5.69 Å². The first-order valence-electron chi connectivity index (χ1n) is 5.34. The summed E-state index contributed by atoms with van der Waals surface area (Å²) in [4.78, 5) is 7.26. The summed E-state index contributed by atoms with van der Waals surface area (Å²) in [6, 6.07) is 5.05. The number of fused-ring (bicyclic) bond motifs is 1. The van der Waals surface area contributed by atoms with Crippen molar-refractivity contribution in [3.8, 4) is 5.75 Å². The second-order valence-electron chi connectivity index (χ2n) is 3.56. The number of nitrogens with zero attached hydrogens (tertiary/aromatic N) is 1. The lowest BCUT2D eigenvalue weighted by Crippen LogP contribution is -2.41. The molecule has 6 nitrogen and oxygen atoms in total. The molecule has 1 heterocycles. The van der Waals surface area contributed by atoms with Crippen molar-refractivity contribution < 1.29 is 5.11 Å². The van der Waals surface area contributed by atoms with Crippen LogP contribution in [0.4, 0.5) is 5.69 Å². The molecular weight excluding hydrogens is 218 g/mol. The monoisotopic (exact) mass is 233 g/mol. The third-order valence-corrected chi connectivity index (χ3v) is 2.28. The highest BCUT2D eigenvalue weighted by Gasteiger charge is 2.03. The van der Waals surface area contributed by atoms with Crippen LogP contribution in [0.2, 0.25) is 0 Å². The van der Waals surface area contributed by atoms with Gasteiger partial charge in [-0.3, -0.25) is 5.43 Å². The van der Waals surface area contributed by atoms with Gasteiger partial charge in [-0.25, -0.2) is 10.4 Å². The molecule has 0 aliphatic heterocycles. The van der Waals surface area contributed by atoms with E-state index in [1.165, 1.54) is 0 Å². The number of phenols is 1. The highest BCUT2D eigenvalue weighted by molar-refractivity contribution is 5.94. The van der Waals surface area contributed by atoms with Crippen LogP contribution >= 0.6 is 0 Å². The molecule has 0 atom stereocenters. The van der Waals surface area contributed by atoms with Crippen molar-refractivity contribution in [2.75, 3.05) is 6.54 Å². The van der Waals surface area contributed by atoms with Gasteiger partial charge in [-0.15, -0.1) is 0 Å². The standard InChI is InChI=1S/C11H15N5O/c1-2-14-16-11(12)15-10-6-13-9-4-3-7(17)5-8(9)10/h3-6,13-14,17H,2H2,1H3,(H3,12,15,16). The molecular formula is C11H15N5O. The molecule has 17 heavy (non-hydrogen) atoms. The van der Waals surface area contributed by atoms with Crippen molar-refractivity contribution >= 4 is 22.5 Å². The van der Waals surface area contributed by atoms with Gasteiger partial charge in [0, 0.05) is 23.6 Å². The SMILES string of the molecule is CCNNC(N)=Nc1c[nH]c2ccc(O)cc12. The Balaban J connectivity index is 2.32. The minimum absolute atomic E-state index is 0.201. The quantitative estimate of drug-likeness (QED) is 0.309. The number of guanidine groups is 1. The summed E-state index contributed by atoms with van der Waals surface area (Å²) >= 11 is 0. The number of H-pyrrole nitrogens is 1. The van der Waals surface area contributed by atoms with Crippen LogP contribution in [-0.4, -0.2) is 22.6 Å². The van der Waals surface area contributed by atoms with Crippen molar-refractivity contribution in [2.24, 2.45) is 10.7 Å². The smallest absolute Gasteiger partial charge is 0.208 e. The van der Waals surface area contributed by atoms with E-state index in [0.717, 1.165) is 17.4 Å². The van der Waals surface area contributed by atoms with E-state index >= 15 is 0 Å². The van der Waals surface area contributed by atoms with E-state index in [9.17, 15) is 5.11 Å². The highest BCUT2D eigenvalue weighted by atomic mass is 16.3. The second kappa shape index (κ2) is 4.75. The van der Waals surface area contributed by atoms with Gasteiger partial charge in [-0.2, -0.15) is 0 Å². The zero-order valence-corrected chi connectivity index (χ0v) is 9.49. The van der Waals surface area contributed by atoms with Gasteiger partial charge in [-0.1, -0.05) is 6.92 Å². The molecule has 0 unspecified atom stereocenters. The average molecular weight is 233 g/mol. The fourth-order valence-corrected chi connectivity index (χ4v) is 1.52. The summed E-state index contributed by atoms with van der Waals surface area (Å²) in [6.45, 7) is 2.69. The van der Waals surface area contributed by atoms with Gasteiger partial charge in [0.1, 0.15) is 5.75 Å². The lowest BCUT2D eigenvalue weighted by molar-refractivity contribution is 0.476. The Kier molecular flexibility index (Phi) is 3.15. The third kappa shape index (κ3) is 2.48. The first-order valence-corrected chi connectivity index (χ1v) is 5.34. The molecule has 1 aromatic heterocycles. The number of hydrazine groups is 1. The molecule has 2 rings (SSSR count). The van der Waals surface area contributed by atoms with E-state index in [1.807, 2.05) is 6.92 Å². The molecule has 0 saturated carbocycles. The summed E-state index contributed by atoms with van der Waals surface area (Å²) in [7, 11) is 0. The lowest BCUT2D eigenvalue weighted by atomic mass is 10.2. The molecule has 6 heteroatoms. The number of benzene rings is 1. The largest absolute Gasteiger partial charge is 0.508 e. The van der Waals surface area contributed by atoms with Crippen molar-refractivity contribution in [3.05, 3.63) is 24.4 Å². The highest BCUT2D eigenvalue weighted by Crippen LogP contribution is 2.28. The van der Waals surface area contributed by atoms with Crippen LogP contribution in [0.1, 0.15) is 6.92 Å². The number of nitrogens with one attached hydrogen (secondary N) is 3. The molecule has 0 aliphatic rings. The number of nitrogens with two attached hydrogens (primary N) is 1. The van der Waals surface area contributed by atoms with Gasteiger partial charge in [-0.05, 0) is 18.2 Å². The predicted molar refractivity (Wildman–Crippen MR) is 68.1 cm³/mol. The summed E-state index contributed by atoms with van der Waals surface area (Å²) in [5, 5.41) is 10.3. The second-order valence-corrected chi connectivity index (χ2v) is 3.56. The molecule has 0 bridgehead atoms. The molecule has 0 fully saturated rings. The van der Waals surface area contributed by atoms with Crippen LogP contribution < -0.4 is 16.6 Å². The summed E-state index contributed by atoms with van der Waals surface area (Å²) in [6.07, 6.45) is 1.74. The maximum atomic E-state index is 9.43. The van der Waals surface area contributed by atoms with Crippen molar-refractivity contribution in [2.45, 2.75) is 6.92 Å². The zero-order valence-electron chi connectivity index (χ0n) is 9.49. The van der Waals surface area contributed by atoms with Crippen LogP contribution in [0, 0.1) is 0 Å². The van der Waals surface area contributed by atoms with Gasteiger partial charge in [0.15, 0.2) is 0 Å². The van der Waals surface area contributed by atoms with Crippen LogP contribution in [-0.2, 0) is 0 Å². The Morgan fingerprint density at radius 3 is 3.12 bits per heavy atom. The Hall–Kier alpha value is -2.21. The minimum atomic E-state index is 0.201. The Morgan fingerprint density at radius 2 is 2.35 bits per heavy atom. The molecule has 6 N–H and O–H groups in total. The number of aromatic hydroxyl groups is 1. The molecule has 1 aromatic carbocycles. The first-order chi connectivity index (χ1) is 8.20. The van der Waals surface area contributed by atoms with Crippen molar-refractivity contribution in [1.82, 2.24) is 15.8 Å². The van der Waals surface area contributed by atoms with E-state index < -0.39 is 0 Å². The van der Waals surface area contributed by atoms with E-state index in [-0.39, 0.29) is 11.7 Å². The first kappa shape index (κ1) is 11.3. The fourth-order valence-electron chi connectivity index (χ4n) is 1.52. The number of aliphatic imine (C=N–C) groups is 1. The van der Waals surface area contributed by atoms with Crippen molar-refractivity contribution in [1.29, 1.82) is 0 Å². The van der Waals surface area contributed by atoms with Crippen LogP contribution in [0.5, 0.6) is 5.75 Å². The Labute approximate surface area is 98.5 Å². The summed E-state index contributed by atoms with van der Waals surface area (Å²) in [5.41, 5.74) is 12.9. The average Bonchev–Trinajstić information content (AvgIpc) is 2.69. The number of aromatic nitrogens is 1. The van der Waals surface area contributed by atoms with E-state index in [1.54, 1.807) is 24.4 Å². The maximum absolute atomic E-state index is 9.43. The molecule has 90 valence electrons. The van der Waals surface area contributed by atoms with Gasteiger partial charge < -0.3 is 15.8 Å². The normalized spacial score (nSPS) is 11.9. The summed E-state index contributed by atoms with van der Waals surface area (Å²) in [5.74, 6) is 0.475. The Morgan fingerprint density at radius 1 is 1.53 bits per heavy atom. The van der Waals surface area contributed by atoms with Gasteiger partial charge in [0.05, 0.1) is 5.69 Å². The van der Waals surface area contributed by atoms with Gasteiger partial charge in [0.2, 0.25) is 5.96 Å². The maximum Gasteiger partial charge on any atom is 0.208 e. The fraction of sp³-hybridized carbons (Fsp3) is 0.182. The molecule has 0 saturated heterocycles. The zero-order chi connectivity index (χ0) is 12.3. The van der Waals surface area contributed by atoms with Crippen LogP contribution in [0.25, 0.3) is 10.9 Å². The number of phenolic OH excluding ortho intramolecular Hbond substituents is 1. The minimum Gasteiger partial charge on any atom is -0.508 e. The van der Waals surface area contributed by atoms with Gasteiger partial charge >= 0.3 is 0 Å². The number of hydrogen-bond donors (Lipinski definition) is 5. The third-order valence-electron chi connectivity index (χ3n) is 2.28. The van der Waals surface area contributed by atoms with E-state index in [4.69, 9.17) is 5.73 Å². The predicted octanol–water partition coefficient (Wildman–Crippen LogP) is 0.934. The summed E-state index contributed by atoms with van der Waals surface area (Å²) < 4.78 is 0. The number of rotatable bonds is 3. The van der Waals surface area contributed by atoms with Crippen LogP contribution in [0.15, 0.2) is 29.4 Å². The van der Waals surface area contributed by atoms with Gasteiger partial charge in [0.25, 0.3) is 0 Å². The number of hydrogen-bond acceptors (Lipinski definition) is 3. The Bertz CT molecular complexity index is 546. The number of aromatic amines is 1. The lowest BCUT2D eigenvalue weighted by Gasteiger charge is -2.03. The topological polar surface area (TPSA) is 98.5 Å². The van der Waals surface area contributed by atoms with Crippen LogP contribution in [0.3, 0.4) is 0 Å². The molecule has 0 radical (unpaired) electrons. The molecule has 2 aromatic rings. The van der Waals surface area contributed by atoms with Crippen molar-refractivity contribution in [3.63, 3.8) is 0 Å².